The minimum atomic E-state index is -1.25. The Balaban J connectivity index is 1.38. The molecule has 0 saturated carbocycles. The molecule has 5 rings (SSSR count). The number of thioether (sulfide) groups is 1. The number of anilines is 1. The van der Waals surface area contributed by atoms with Crippen LogP contribution in [0, 0.1) is 0 Å². The maximum absolute atomic E-state index is 13.0. The largest absolute Gasteiger partial charge is 0.477 e. The molecule has 0 radical (unpaired) electrons. The van der Waals surface area contributed by atoms with E-state index in [1.54, 1.807) is 16.1 Å². The number of carbonyl (C=O) groups excluding carboxylic acids is 2. The van der Waals surface area contributed by atoms with Gasteiger partial charge in [-0.25, -0.2) is 15.6 Å². The molecule has 2 aromatic heterocycles. The lowest BCUT2D eigenvalue weighted by Crippen LogP contribution is -2.71. The van der Waals surface area contributed by atoms with Crippen LogP contribution in [0.1, 0.15) is 5.69 Å². The number of carboxylic acids is 1. The monoisotopic (exact) mass is 530 g/mol. The third-order valence-electron chi connectivity index (χ3n) is 5.65. The minimum Gasteiger partial charge on any atom is -0.477 e. The van der Waals surface area contributed by atoms with Gasteiger partial charge in [0.1, 0.15) is 41.7 Å². The number of benzene rings is 1. The second kappa shape index (κ2) is 9.12. The van der Waals surface area contributed by atoms with Gasteiger partial charge in [0.2, 0.25) is 11.0 Å². The number of para-hydroxylation sites is 2. The van der Waals surface area contributed by atoms with E-state index < -0.39 is 29.2 Å². The number of nitrogens with one attached hydrogen (secondary N) is 1. The van der Waals surface area contributed by atoms with Crippen molar-refractivity contribution < 1.29 is 29.0 Å². The maximum atomic E-state index is 13.0. The van der Waals surface area contributed by atoms with Crippen LogP contribution in [0.25, 0.3) is 11.0 Å². The molecular formula is C20H20N9O5S2+. The van der Waals surface area contributed by atoms with Crippen LogP contribution < -0.4 is 21.6 Å². The van der Waals surface area contributed by atoms with E-state index in [0.29, 0.717) is 16.8 Å². The highest BCUT2D eigenvalue weighted by atomic mass is 32.2. The molecule has 3 aromatic rings. The molecule has 6 N–H and O–H groups in total. The Labute approximate surface area is 211 Å². The van der Waals surface area contributed by atoms with Gasteiger partial charge in [-0.15, -0.1) is 27.8 Å². The first-order valence-corrected chi connectivity index (χ1v) is 12.4. The summed E-state index contributed by atoms with van der Waals surface area (Å²) in [6.45, 7) is 0.128. The van der Waals surface area contributed by atoms with E-state index in [9.17, 15) is 19.5 Å². The van der Waals surface area contributed by atoms with Crippen LogP contribution in [0.3, 0.4) is 0 Å². The van der Waals surface area contributed by atoms with E-state index in [2.05, 4.69) is 20.7 Å². The molecule has 1 fully saturated rings. The fourth-order valence-corrected chi connectivity index (χ4v) is 5.98. The summed E-state index contributed by atoms with van der Waals surface area (Å²) >= 11 is 2.46. The molecule has 0 aliphatic carbocycles. The first-order valence-electron chi connectivity index (χ1n) is 10.5. The highest BCUT2D eigenvalue weighted by molar-refractivity contribution is 8.00. The number of aliphatic carboxylic acids is 1. The third-order valence-corrected chi connectivity index (χ3v) is 7.66. The number of hydrogen-bond donors (Lipinski definition) is 4. The first-order chi connectivity index (χ1) is 17.3. The lowest BCUT2D eigenvalue weighted by atomic mass is 10.0. The van der Waals surface area contributed by atoms with Gasteiger partial charge in [0.25, 0.3) is 11.8 Å². The number of nitrogen functional groups attached to an aromatic ring is 2. The Morgan fingerprint density at radius 2 is 2.17 bits per heavy atom. The number of thiazole rings is 1. The van der Waals surface area contributed by atoms with Crippen molar-refractivity contribution in [2.24, 2.45) is 5.16 Å². The summed E-state index contributed by atoms with van der Waals surface area (Å²) in [7, 11) is 1.27. The highest BCUT2D eigenvalue weighted by Crippen LogP contribution is 2.40. The molecule has 2 unspecified atom stereocenters. The number of hydrogen-bond acceptors (Lipinski definition) is 11. The molecule has 4 heterocycles. The number of carboxylic acid groups (broad SMARTS) is 1. The van der Waals surface area contributed by atoms with Gasteiger partial charge in [0.05, 0.1) is 0 Å². The van der Waals surface area contributed by atoms with Gasteiger partial charge in [-0.2, -0.15) is 0 Å². The van der Waals surface area contributed by atoms with Crippen molar-refractivity contribution in [2.75, 3.05) is 24.4 Å². The van der Waals surface area contributed by atoms with E-state index >= 15 is 0 Å². The lowest BCUT2D eigenvalue weighted by molar-refractivity contribution is -0.725. The quantitative estimate of drug-likeness (QED) is 0.0953. The molecule has 2 amide bonds. The molecule has 0 bridgehead atoms. The van der Waals surface area contributed by atoms with E-state index in [-0.39, 0.29) is 28.8 Å². The molecule has 2 aliphatic heterocycles. The van der Waals surface area contributed by atoms with Crippen LogP contribution in [-0.4, -0.2) is 72.8 Å². The fraction of sp³-hybridized carbons (Fsp3) is 0.250. The number of nitrogens with two attached hydrogens (primary N) is 2. The zero-order valence-electron chi connectivity index (χ0n) is 18.7. The topological polar surface area (TPSA) is 195 Å². The molecular weight excluding hydrogens is 510 g/mol. The number of β-lactam (4-membered cyclic amide) rings is 1. The molecule has 14 nitrogen and oxygen atoms in total. The summed E-state index contributed by atoms with van der Waals surface area (Å²) in [5.41, 5.74) is 7.46. The molecule has 16 heteroatoms. The number of rotatable bonds is 7. The highest BCUT2D eigenvalue weighted by Gasteiger charge is 2.54. The van der Waals surface area contributed by atoms with Gasteiger partial charge in [-0.3, -0.25) is 14.5 Å². The Morgan fingerprint density at radius 1 is 1.39 bits per heavy atom. The summed E-state index contributed by atoms with van der Waals surface area (Å²) in [5.74, 6) is 3.75. The summed E-state index contributed by atoms with van der Waals surface area (Å²) in [6.07, 6.45) is 0. The van der Waals surface area contributed by atoms with Crippen molar-refractivity contribution in [3.8, 4) is 0 Å². The van der Waals surface area contributed by atoms with E-state index in [1.807, 2.05) is 18.2 Å². The van der Waals surface area contributed by atoms with Crippen LogP contribution in [0.5, 0.6) is 0 Å². The average Bonchev–Trinajstić information content (AvgIpc) is 3.43. The zero-order valence-corrected chi connectivity index (χ0v) is 20.3. The maximum Gasteiger partial charge on any atom is 0.352 e. The van der Waals surface area contributed by atoms with Gasteiger partial charge in [0, 0.05) is 16.7 Å². The predicted octanol–water partition coefficient (Wildman–Crippen LogP) is -1.13. The summed E-state index contributed by atoms with van der Waals surface area (Å²) in [6, 6.07) is 6.31. The second-order valence-corrected chi connectivity index (χ2v) is 9.79. The Kier molecular flexibility index (Phi) is 5.97. The van der Waals surface area contributed by atoms with Gasteiger partial charge in [0.15, 0.2) is 10.8 Å². The number of aromatic nitrogens is 4. The lowest BCUT2D eigenvalue weighted by Gasteiger charge is -2.49. The molecule has 2 aliphatic rings. The molecule has 1 saturated heterocycles. The van der Waals surface area contributed by atoms with Gasteiger partial charge in [-0.05, 0) is 16.9 Å². The SMILES string of the molecule is CO/N=C(/C(=O)NC1C(=O)N2C(C(=O)O)=C(C[n+]3nn(N)c4ccccc43)CSC12)c1csc(N)n1. The van der Waals surface area contributed by atoms with Crippen LogP contribution in [0.2, 0.25) is 0 Å². The second-order valence-electron chi connectivity index (χ2n) is 7.79. The van der Waals surface area contributed by atoms with Crippen LogP contribution in [-0.2, 0) is 25.8 Å². The van der Waals surface area contributed by atoms with Crippen molar-refractivity contribution in [3.05, 3.63) is 46.6 Å². The number of oxime groups is 1. The average molecular weight is 531 g/mol. The molecule has 36 heavy (non-hydrogen) atoms. The minimum absolute atomic E-state index is 0.128. The van der Waals surface area contributed by atoms with E-state index in [0.717, 1.165) is 16.9 Å². The van der Waals surface area contributed by atoms with Crippen molar-refractivity contribution in [1.29, 1.82) is 0 Å². The molecule has 0 spiro atoms. The van der Waals surface area contributed by atoms with Crippen molar-refractivity contribution in [3.63, 3.8) is 0 Å². The summed E-state index contributed by atoms with van der Waals surface area (Å²) in [5, 5.41) is 21.7. The van der Waals surface area contributed by atoms with Crippen LogP contribution in [0.4, 0.5) is 5.13 Å². The van der Waals surface area contributed by atoms with Crippen LogP contribution >= 0.6 is 23.1 Å². The van der Waals surface area contributed by atoms with Crippen molar-refractivity contribution >= 4 is 62.8 Å². The number of amides is 2. The number of fused-ring (bicyclic) bond motifs is 2. The Hall–Kier alpha value is -4.18. The normalized spacial score (nSPS) is 19.8. The standard InChI is InChI=1S/C20H19N9O5S2/c1-34-25-13(10-8-36-20(21)23-10)16(30)24-14-17(31)28-15(19(32)33)9(7-35-18(14)28)6-27-11-4-2-3-5-12(11)29(22)26-27/h2-5,8,14,18H,6-7H2,1H3,(H5-,21,22,23,24,26,30,32,33)/p+1/b25-13+. The summed E-state index contributed by atoms with van der Waals surface area (Å²) < 4.78 is 1.59. The summed E-state index contributed by atoms with van der Waals surface area (Å²) in [4.78, 5) is 49.3. The zero-order chi connectivity index (χ0) is 25.6. The molecule has 186 valence electrons. The van der Waals surface area contributed by atoms with Gasteiger partial charge < -0.3 is 21.0 Å². The van der Waals surface area contributed by atoms with Gasteiger partial charge in [-0.1, -0.05) is 17.3 Å². The molecule has 2 atom stereocenters. The first kappa shape index (κ1) is 23.6. The van der Waals surface area contributed by atoms with Gasteiger partial charge >= 0.3 is 5.97 Å². The fourth-order valence-electron chi connectivity index (χ4n) is 4.09. The molecule has 1 aromatic carbocycles. The van der Waals surface area contributed by atoms with Crippen molar-refractivity contribution in [2.45, 2.75) is 18.0 Å². The predicted molar refractivity (Wildman–Crippen MR) is 130 cm³/mol. The Bertz CT molecular complexity index is 1460. The third kappa shape index (κ3) is 3.89. The smallest absolute Gasteiger partial charge is 0.352 e. The van der Waals surface area contributed by atoms with E-state index in [1.165, 1.54) is 28.6 Å². The Morgan fingerprint density at radius 3 is 2.86 bits per heavy atom. The number of carbonyl (C=O) groups is 3. The van der Waals surface area contributed by atoms with Crippen molar-refractivity contribution in [1.82, 2.24) is 25.2 Å². The van der Waals surface area contributed by atoms with Crippen LogP contribution in [0.15, 0.2) is 46.1 Å². The number of nitrogens with zero attached hydrogens (tertiary/aromatic N) is 6. The van der Waals surface area contributed by atoms with E-state index in [4.69, 9.17) is 16.4 Å².